The van der Waals surface area contributed by atoms with Crippen LogP contribution < -0.4 is 5.32 Å². The minimum atomic E-state index is 0.631. The number of aromatic nitrogens is 4. The van der Waals surface area contributed by atoms with Gasteiger partial charge in [-0.25, -0.2) is 4.68 Å². The van der Waals surface area contributed by atoms with Gasteiger partial charge in [0.2, 0.25) is 0 Å². The fourth-order valence-electron chi connectivity index (χ4n) is 1.82. The summed E-state index contributed by atoms with van der Waals surface area (Å²) in [7, 11) is 0. The molecule has 1 N–H and O–H groups in total. The van der Waals surface area contributed by atoms with Crippen molar-refractivity contribution >= 4 is 11.3 Å². The molecule has 0 unspecified atom stereocenters. The van der Waals surface area contributed by atoms with E-state index in [0.29, 0.717) is 12.5 Å². The zero-order valence-electron chi connectivity index (χ0n) is 12.0. The summed E-state index contributed by atoms with van der Waals surface area (Å²) in [5.74, 6) is 1.52. The summed E-state index contributed by atoms with van der Waals surface area (Å²) in [5.41, 5.74) is 1.34. The second kappa shape index (κ2) is 6.25. The first-order valence-corrected chi connectivity index (χ1v) is 7.39. The van der Waals surface area contributed by atoms with Gasteiger partial charge < -0.3 is 5.32 Å². The Morgan fingerprint density at radius 2 is 2.16 bits per heavy atom. The molecule has 2 aromatic heterocycles. The fourth-order valence-corrected chi connectivity index (χ4v) is 2.86. The molecule has 5 nitrogen and oxygen atoms in total. The smallest absolute Gasteiger partial charge is 0.165 e. The van der Waals surface area contributed by atoms with Crippen LogP contribution in [0.2, 0.25) is 0 Å². The maximum absolute atomic E-state index is 4.08. The van der Waals surface area contributed by atoms with Crippen molar-refractivity contribution in [2.45, 2.75) is 40.8 Å². The standard InChI is InChI=1S/C13H21N5S/c1-9(2)6-14-7-13-15-16-17-18(13)8-12-5-10(3)11(4)19-12/h5,9,14H,6-8H2,1-4H3. The van der Waals surface area contributed by atoms with E-state index in [9.17, 15) is 0 Å². The first-order valence-electron chi connectivity index (χ1n) is 6.58. The van der Waals surface area contributed by atoms with Crippen LogP contribution in [0.1, 0.15) is 35.0 Å². The second-order valence-corrected chi connectivity index (χ2v) is 6.57. The third-order valence-corrected chi connectivity index (χ3v) is 4.10. The zero-order valence-corrected chi connectivity index (χ0v) is 12.8. The van der Waals surface area contributed by atoms with E-state index < -0.39 is 0 Å². The predicted molar refractivity (Wildman–Crippen MR) is 77.3 cm³/mol. The lowest BCUT2D eigenvalue weighted by atomic mass is 10.2. The number of nitrogens with zero attached hydrogens (tertiary/aromatic N) is 4. The van der Waals surface area contributed by atoms with Gasteiger partial charge in [0.1, 0.15) is 0 Å². The lowest BCUT2D eigenvalue weighted by Crippen LogP contribution is -2.21. The van der Waals surface area contributed by atoms with Gasteiger partial charge >= 0.3 is 0 Å². The van der Waals surface area contributed by atoms with Crippen LogP contribution >= 0.6 is 11.3 Å². The van der Waals surface area contributed by atoms with Crippen molar-refractivity contribution in [3.8, 4) is 0 Å². The molecule has 0 radical (unpaired) electrons. The Morgan fingerprint density at radius 3 is 2.79 bits per heavy atom. The predicted octanol–water partition coefficient (Wildman–Crippen LogP) is 2.15. The molecule has 0 saturated heterocycles. The van der Waals surface area contributed by atoms with Gasteiger partial charge in [-0.1, -0.05) is 13.8 Å². The molecule has 2 heterocycles. The van der Waals surface area contributed by atoms with E-state index in [0.717, 1.165) is 18.9 Å². The number of hydrogen-bond acceptors (Lipinski definition) is 5. The molecule has 2 aromatic rings. The van der Waals surface area contributed by atoms with Crippen LogP contribution in [0.4, 0.5) is 0 Å². The largest absolute Gasteiger partial charge is 0.310 e. The number of thiophene rings is 1. The molecule has 0 aromatic carbocycles. The summed E-state index contributed by atoms with van der Waals surface area (Å²) in [4.78, 5) is 2.66. The van der Waals surface area contributed by atoms with Crippen LogP contribution in [-0.4, -0.2) is 26.8 Å². The summed E-state index contributed by atoms with van der Waals surface area (Å²) in [6, 6.07) is 2.22. The van der Waals surface area contributed by atoms with Crippen LogP contribution in [0.25, 0.3) is 0 Å². The highest BCUT2D eigenvalue weighted by Gasteiger charge is 2.09. The fraction of sp³-hybridized carbons (Fsp3) is 0.615. The molecule has 0 aliphatic carbocycles. The van der Waals surface area contributed by atoms with Crippen LogP contribution in [0, 0.1) is 19.8 Å². The molecule has 0 bridgehead atoms. The Hall–Kier alpha value is -1.27. The summed E-state index contributed by atoms with van der Waals surface area (Å²) >= 11 is 1.81. The molecular formula is C13H21N5S. The van der Waals surface area contributed by atoms with Gasteiger partial charge in [0.05, 0.1) is 13.1 Å². The van der Waals surface area contributed by atoms with Crippen molar-refractivity contribution < 1.29 is 0 Å². The average Bonchev–Trinajstić information content (AvgIpc) is 2.88. The Bertz CT molecular complexity index is 509. The molecule has 0 aliphatic heterocycles. The number of aryl methyl sites for hydroxylation is 2. The quantitative estimate of drug-likeness (QED) is 0.880. The van der Waals surface area contributed by atoms with E-state index in [2.05, 4.69) is 54.6 Å². The van der Waals surface area contributed by atoms with Crippen LogP contribution in [0.3, 0.4) is 0 Å². The topological polar surface area (TPSA) is 55.6 Å². The van der Waals surface area contributed by atoms with Crippen molar-refractivity contribution in [3.05, 3.63) is 27.2 Å². The molecule has 104 valence electrons. The maximum atomic E-state index is 4.08. The van der Waals surface area contributed by atoms with Crippen LogP contribution in [0.15, 0.2) is 6.07 Å². The van der Waals surface area contributed by atoms with Crippen molar-refractivity contribution in [3.63, 3.8) is 0 Å². The molecule has 0 amide bonds. The Morgan fingerprint density at radius 1 is 1.37 bits per heavy atom. The van der Waals surface area contributed by atoms with Gasteiger partial charge in [-0.15, -0.1) is 16.4 Å². The molecule has 0 spiro atoms. The van der Waals surface area contributed by atoms with E-state index in [-0.39, 0.29) is 0 Å². The van der Waals surface area contributed by atoms with Crippen molar-refractivity contribution in [2.75, 3.05) is 6.54 Å². The van der Waals surface area contributed by atoms with Crippen molar-refractivity contribution in [1.29, 1.82) is 0 Å². The van der Waals surface area contributed by atoms with Crippen molar-refractivity contribution in [2.24, 2.45) is 5.92 Å². The normalized spacial score (nSPS) is 11.4. The highest BCUT2D eigenvalue weighted by Crippen LogP contribution is 2.21. The summed E-state index contributed by atoms with van der Waals surface area (Å²) in [5, 5.41) is 15.3. The molecule has 0 aliphatic rings. The molecule has 6 heteroatoms. The summed E-state index contributed by atoms with van der Waals surface area (Å²) in [6.07, 6.45) is 0. The highest BCUT2D eigenvalue weighted by molar-refractivity contribution is 7.12. The minimum absolute atomic E-state index is 0.631. The minimum Gasteiger partial charge on any atom is -0.310 e. The van der Waals surface area contributed by atoms with E-state index >= 15 is 0 Å². The molecule has 0 fully saturated rings. The number of tetrazole rings is 1. The van der Waals surface area contributed by atoms with E-state index in [1.54, 1.807) is 0 Å². The SMILES string of the molecule is Cc1cc(Cn2nnnc2CNCC(C)C)sc1C. The number of hydrogen-bond donors (Lipinski definition) is 1. The Kier molecular flexibility index (Phi) is 4.66. The number of nitrogens with one attached hydrogen (secondary N) is 1. The number of rotatable bonds is 6. The molecule has 2 rings (SSSR count). The third kappa shape index (κ3) is 3.84. The van der Waals surface area contributed by atoms with E-state index in [4.69, 9.17) is 0 Å². The van der Waals surface area contributed by atoms with E-state index in [1.165, 1.54) is 15.3 Å². The zero-order chi connectivity index (χ0) is 13.8. The monoisotopic (exact) mass is 279 g/mol. The van der Waals surface area contributed by atoms with Crippen LogP contribution in [-0.2, 0) is 13.1 Å². The van der Waals surface area contributed by atoms with Gasteiger partial charge in [-0.3, -0.25) is 0 Å². The molecular weight excluding hydrogens is 258 g/mol. The lowest BCUT2D eigenvalue weighted by molar-refractivity contribution is 0.524. The lowest BCUT2D eigenvalue weighted by Gasteiger charge is -2.07. The first-order chi connectivity index (χ1) is 9.06. The molecule has 0 atom stereocenters. The molecule has 19 heavy (non-hydrogen) atoms. The second-order valence-electron chi connectivity index (χ2n) is 5.23. The van der Waals surface area contributed by atoms with Crippen molar-refractivity contribution in [1.82, 2.24) is 25.5 Å². The highest BCUT2D eigenvalue weighted by atomic mass is 32.1. The third-order valence-electron chi connectivity index (χ3n) is 2.96. The Labute approximate surface area is 118 Å². The van der Waals surface area contributed by atoms with Gasteiger partial charge in [-0.05, 0) is 48.4 Å². The average molecular weight is 279 g/mol. The van der Waals surface area contributed by atoms with Crippen LogP contribution in [0.5, 0.6) is 0 Å². The van der Waals surface area contributed by atoms with Gasteiger partial charge in [0.15, 0.2) is 5.82 Å². The van der Waals surface area contributed by atoms with E-state index in [1.807, 2.05) is 16.0 Å². The maximum Gasteiger partial charge on any atom is 0.165 e. The molecule has 0 saturated carbocycles. The first kappa shape index (κ1) is 14.1. The Balaban J connectivity index is 1.99. The van der Waals surface area contributed by atoms with Gasteiger partial charge in [0.25, 0.3) is 0 Å². The van der Waals surface area contributed by atoms with Gasteiger partial charge in [-0.2, -0.15) is 0 Å². The summed E-state index contributed by atoms with van der Waals surface area (Å²) < 4.78 is 1.87. The van der Waals surface area contributed by atoms with Gasteiger partial charge in [0, 0.05) is 9.75 Å². The summed E-state index contributed by atoms with van der Waals surface area (Å²) in [6.45, 7) is 11.1.